The molecule has 1 atom stereocenters. The predicted molar refractivity (Wildman–Crippen MR) is 120 cm³/mol. The van der Waals surface area contributed by atoms with Crippen molar-refractivity contribution in [2.24, 2.45) is 0 Å². The number of para-hydroxylation sites is 1. The molecule has 1 aliphatic rings. The third-order valence-corrected chi connectivity index (χ3v) is 5.00. The van der Waals surface area contributed by atoms with Crippen LogP contribution in [0.3, 0.4) is 0 Å². The summed E-state index contributed by atoms with van der Waals surface area (Å²) in [5.41, 5.74) is 1.85. The minimum absolute atomic E-state index is 0.187. The fourth-order valence-electron chi connectivity index (χ4n) is 3.45. The standard InChI is InChI=1S/C25H33NO5/c1-25(2,3)31-24(27)26-14-15-29-22(17-26)18-30-23-11-6-5-9-20(23)13-12-19-8-7-10-21(16-19)28-4/h5-11,16,22H,12-15,17-18H2,1-4H3/t22-/m1/s1. The van der Waals surface area contributed by atoms with Crippen molar-refractivity contribution in [3.8, 4) is 11.5 Å². The van der Waals surface area contributed by atoms with E-state index < -0.39 is 5.60 Å². The second-order valence-corrected chi connectivity index (χ2v) is 8.69. The smallest absolute Gasteiger partial charge is 0.410 e. The van der Waals surface area contributed by atoms with Gasteiger partial charge in [-0.15, -0.1) is 0 Å². The lowest BCUT2D eigenvalue weighted by Gasteiger charge is -2.34. The fourth-order valence-corrected chi connectivity index (χ4v) is 3.45. The van der Waals surface area contributed by atoms with Gasteiger partial charge >= 0.3 is 6.09 Å². The van der Waals surface area contributed by atoms with Crippen LogP contribution in [0.2, 0.25) is 0 Å². The molecule has 3 rings (SSSR count). The number of nitrogens with zero attached hydrogens (tertiary/aromatic N) is 1. The van der Waals surface area contributed by atoms with Crippen molar-refractivity contribution in [1.82, 2.24) is 4.90 Å². The SMILES string of the molecule is COc1cccc(CCc2ccccc2OC[C@H]2CN(C(=O)OC(C)(C)C)CCO2)c1. The van der Waals surface area contributed by atoms with E-state index >= 15 is 0 Å². The van der Waals surface area contributed by atoms with Crippen LogP contribution in [0.4, 0.5) is 4.79 Å². The lowest BCUT2D eigenvalue weighted by atomic mass is 10.0. The molecule has 1 fully saturated rings. The predicted octanol–water partition coefficient (Wildman–Crippen LogP) is 4.50. The average Bonchev–Trinajstić information content (AvgIpc) is 2.76. The molecule has 2 aromatic carbocycles. The first-order valence-corrected chi connectivity index (χ1v) is 10.8. The van der Waals surface area contributed by atoms with E-state index in [0.29, 0.717) is 26.3 Å². The molecule has 1 saturated heterocycles. The molecule has 2 aromatic rings. The van der Waals surface area contributed by atoms with Gasteiger partial charge in [0.15, 0.2) is 0 Å². The van der Waals surface area contributed by atoms with Gasteiger partial charge in [-0.25, -0.2) is 4.79 Å². The maximum Gasteiger partial charge on any atom is 0.410 e. The number of benzene rings is 2. The summed E-state index contributed by atoms with van der Waals surface area (Å²) in [6.07, 6.45) is 1.26. The Morgan fingerprint density at radius 3 is 2.71 bits per heavy atom. The van der Waals surface area contributed by atoms with E-state index in [4.69, 9.17) is 18.9 Å². The first-order chi connectivity index (χ1) is 14.8. The molecule has 0 aliphatic carbocycles. The number of hydrogen-bond donors (Lipinski definition) is 0. The van der Waals surface area contributed by atoms with Crippen molar-refractivity contribution in [2.45, 2.75) is 45.3 Å². The summed E-state index contributed by atoms with van der Waals surface area (Å²) in [5, 5.41) is 0. The van der Waals surface area contributed by atoms with Gasteiger partial charge in [0.1, 0.15) is 29.8 Å². The molecule has 0 N–H and O–H groups in total. The normalized spacial score (nSPS) is 16.6. The molecule has 0 saturated carbocycles. The van der Waals surface area contributed by atoms with E-state index in [0.717, 1.165) is 29.9 Å². The number of amides is 1. The lowest BCUT2D eigenvalue weighted by molar-refractivity contribution is -0.0558. The number of methoxy groups -OCH3 is 1. The summed E-state index contributed by atoms with van der Waals surface area (Å²) >= 11 is 0. The van der Waals surface area contributed by atoms with Crippen molar-refractivity contribution in [2.75, 3.05) is 33.4 Å². The zero-order chi connectivity index (χ0) is 22.3. The molecule has 168 valence electrons. The van der Waals surface area contributed by atoms with Crippen LogP contribution < -0.4 is 9.47 Å². The number of aryl methyl sites for hydroxylation is 2. The summed E-state index contributed by atoms with van der Waals surface area (Å²) in [7, 11) is 1.68. The Morgan fingerprint density at radius 1 is 1.13 bits per heavy atom. The molecule has 0 unspecified atom stereocenters. The Balaban J connectivity index is 1.55. The van der Waals surface area contributed by atoms with Gasteiger partial charge < -0.3 is 23.8 Å². The molecule has 0 aromatic heterocycles. The van der Waals surface area contributed by atoms with Crippen molar-refractivity contribution in [3.63, 3.8) is 0 Å². The van der Waals surface area contributed by atoms with E-state index in [1.54, 1.807) is 12.0 Å². The van der Waals surface area contributed by atoms with E-state index in [1.807, 2.05) is 51.1 Å². The first kappa shape index (κ1) is 22.9. The second-order valence-electron chi connectivity index (χ2n) is 8.69. The number of carbonyl (C=O) groups is 1. The van der Waals surface area contributed by atoms with Crippen LogP contribution in [0.25, 0.3) is 0 Å². The highest BCUT2D eigenvalue weighted by molar-refractivity contribution is 5.68. The van der Waals surface area contributed by atoms with Gasteiger partial charge in [0.25, 0.3) is 0 Å². The quantitative estimate of drug-likeness (QED) is 0.651. The molecule has 6 heteroatoms. The number of rotatable bonds is 7. The van der Waals surface area contributed by atoms with Crippen molar-refractivity contribution < 1.29 is 23.7 Å². The molecule has 1 aliphatic heterocycles. The molecule has 0 radical (unpaired) electrons. The Bertz CT molecular complexity index is 861. The Morgan fingerprint density at radius 2 is 1.94 bits per heavy atom. The molecule has 0 bridgehead atoms. The van der Waals surface area contributed by atoms with Crippen LogP contribution in [-0.2, 0) is 22.3 Å². The Kier molecular flexibility index (Phi) is 7.80. The van der Waals surface area contributed by atoms with Crippen molar-refractivity contribution >= 4 is 6.09 Å². The second kappa shape index (κ2) is 10.5. The minimum atomic E-state index is -0.511. The number of ether oxygens (including phenoxy) is 4. The highest BCUT2D eigenvalue weighted by Crippen LogP contribution is 2.22. The largest absolute Gasteiger partial charge is 0.497 e. The summed E-state index contributed by atoms with van der Waals surface area (Å²) in [5.74, 6) is 1.72. The number of carbonyl (C=O) groups excluding carboxylic acids is 1. The van der Waals surface area contributed by atoms with Crippen LogP contribution in [0.1, 0.15) is 31.9 Å². The third-order valence-electron chi connectivity index (χ3n) is 5.00. The maximum atomic E-state index is 12.4. The Hall–Kier alpha value is -2.73. The summed E-state index contributed by atoms with van der Waals surface area (Å²) in [6.45, 7) is 7.46. The lowest BCUT2D eigenvalue weighted by Crippen LogP contribution is -2.49. The number of hydrogen-bond acceptors (Lipinski definition) is 5. The van der Waals surface area contributed by atoms with Gasteiger partial charge in [0, 0.05) is 6.54 Å². The van der Waals surface area contributed by atoms with Crippen LogP contribution in [0.15, 0.2) is 48.5 Å². The van der Waals surface area contributed by atoms with E-state index in [1.165, 1.54) is 5.56 Å². The van der Waals surface area contributed by atoms with Gasteiger partial charge in [-0.05, 0) is 62.9 Å². The highest BCUT2D eigenvalue weighted by atomic mass is 16.6. The fraction of sp³-hybridized carbons (Fsp3) is 0.480. The van der Waals surface area contributed by atoms with Gasteiger partial charge in [-0.3, -0.25) is 0 Å². The van der Waals surface area contributed by atoms with Crippen LogP contribution in [0.5, 0.6) is 11.5 Å². The van der Waals surface area contributed by atoms with Gasteiger partial charge in [-0.2, -0.15) is 0 Å². The molecule has 1 heterocycles. The van der Waals surface area contributed by atoms with Crippen molar-refractivity contribution in [3.05, 3.63) is 59.7 Å². The molecular formula is C25H33NO5. The Labute approximate surface area is 185 Å². The van der Waals surface area contributed by atoms with Crippen LogP contribution >= 0.6 is 0 Å². The summed E-state index contributed by atoms with van der Waals surface area (Å²) < 4.78 is 22.7. The van der Waals surface area contributed by atoms with Crippen molar-refractivity contribution in [1.29, 1.82) is 0 Å². The topological polar surface area (TPSA) is 57.2 Å². The zero-order valence-corrected chi connectivity index (χ0v) is 18.9. The van der Waals surface area contributed by atoms with Gasteiger partial charge in [-0.1, -0.05) is 30.3 Å². The maximum absolute atomic E-state index is 12.4. The van der Waals surface area contributed by atoms with Gasteiger partial charge in [0.2, 0.25) is 0 Å². The summed E-state index contributed by atoms with van der Waals surface area (Å²) in [6, 6.07) is 16.2. The van der Waals surface area contributed by atoms with E-state index in [9.17, 15) is 4.79 Å². The average molecular weight is 428 g/mol. The van der Waals surface area contributed by atoms with Crippen LogP contribution in [-0.4, -0.2) is 56.1 Å². The van der Waals surface area contributed by atoms with Crippen LogP contribution in [0, 0.1) is 0 Å². The monoisotopic (exact) mass is 427 g/mol. The number of morpholine rings is 1. The minimum Gasteiger partial charge on any atom is -0.497 e. The highest BCUT2D eigenvalue weighted by Gasteiger charge is 2.28. The molecule has 0 spiro atoms. The molecule has 31 heavy (non-hydrogen) atoms. The molecule has 6 nitrogen and oxygen atoms in total. The molecule has 1 amide bonds. The van der Waals surface area contributed by atoms with E-state index in [2.05, 4.69) is 18.2 Å². The van der Waals surface area contributed by atoms with Gasteiger partial charge in [0.05, 0.1) is 20.3 Å². The van der Waals surface area contributed by atoms with E-state index in [-0.39, 0.29) is 12.2 Å². The zero-order valence-electron chi connectivity index (χ0n) is 18.9. The third kappa shape index (κ3) is 7.17. The summed E-state index contributed by atoms with van der Waals surface area (Å²) in [4.78, 5) is 14.0. The first-order valence-electron chi connectivity index (χ1n) is 10.8. The molecular weight excluding hydrogens is 394 g/mol.